The van der Waals surface area contributed by atoms with Gasteiger partial charge in [-0.15, -0.1) is 0 Å². The fourth-order valence-electron chi connectivity index (χ4n) is 2.25. The Morgan fingerprint density at radius 1 is 0.852 bits per heavy atom. The van der Waals surface area contributed by atoms with E-state index in [-0.39, 0.29) is 0 Å². The molecular formula is C23H20ClNO2. The Morgan fingerprint density at radius 3 is 2.15 bits per heavy atom. The minimum absolute atomic E-state index is 0.454. The van der Waals surface area contributed by atoms with Crippen LogP contribution in [-0.2, 0) is 0 Å². The van der Waals surface area contributed by atoms with Gasteiger partial charge >= 0.3 is 0 Å². The van der Waals surface area contributed by atoms with Crippen LogP contribution in [0.2, 0.25) is 5.02 Å². The average Bonchev–Trinajstić information content (AvgIpc) is 2.69. The van der Waals surface area contributed by atoms with Gasteiger partial charge in [-0.05, 0) is 62.4 Å². The molecule has 27 heavy (non-hydrogen) atoms. The molecule has 0 spiro atoms. The first-order valence-electron chi connectivity index (χ1n) is 8.58. The number of aliphatic imine (C=N–C) groups is 1. The lowest BCUT2D eigenvalue weighted by Gasteiger charge is -2.10. The van der Waals surface area contributed by atoms with Crippen LogP contribution in [0.3, 0.4) is 0 Å². The van der Waals surface area contributed by atoms with Gasteiger partial charge in [-0.25, -0.2) is 4.99 Å². The topological polar surface area (TPSA) is 30.8 Å². The molecule has 0 aliphatic carbocycles. The van der Waals surface area contributed by atoms with Crippen molar-refractivity contribution in [2.75, 3.05) is 0 Å². The van der Waals surface area contributed by atoms with E-state index in [1.54, 1.807) is 30.5 Å². The van der Waals surface area contributed by atoms with Gasteiger partial charge in [-0.3, -0.25) is 0 Å². The number of aryl methyl sites for hydroxylation is 1. The molecule has 0 saturated carbocycles. The number of para-hydroxylation sites is 1. The predicted octanol–water partition coefficient (Wildman–Crippen LogP) is 6.74. The van der Waals surface area contributed by atoms with E-state index in [0.717, 1.165) is 17.0 Å². The van der Waals surface area contributed by atoms with Gasteiger partial charge in [0.1, 0.15) is 11.5 Å². The highest BCUT2D eigenvalue weighted by molar-refractivity contribution is 6.30. The van der Waals surface area contributed by atoms with Gasteiger partial charge in [0.2, 0.25) is 5.90 Å². The molecule has 3 nitrogen and oxygen atoms in total. The van der Waals surface area contributed by atoms with E-state index in [0.29, 0.717) is 16.7 Å². The first-order valence-corrected chi connectivity index (χ1v) is 8.95. The number of nitrogens with zero attached hydrogens (tertiary/aromatic N) is 1. The summed E-state index contributed by atoms with van der Waals surface area (Å²) in [7, 11) is 0. The summed E-state index contributed by atoms with van der Waals surface area (Å²) in [6.45, 7) is 3.93. The number of hydrogen-bond acceptors (Lipinski definition) is 3. The van der Waals surface area contributed by atoms with Crippen molar-refractivity contribution in [1.82, 2.24) is 0 Å². The molecule has 0 aliphatic rings. The standard InChI is InChI=1S/C23H20ClNO2/c1-17-8-12-21(13-9-17)26-16-18(2)23(25-20-6-4-3-5-7-20)27-22-14-10-19(24)11-15-22/h3-16H,1-2H3/b18-16+,25-23-. The second-order valence-corrected chi connectivity index (χ2v) is 6.48. The molecule has 0 heterocycles. The maximum atomic E-state index is 5.99. The largest absolute Gasteiger partial charge is 0.465 e. The number of ether oxygens (including phenoxy) is 2. The Bertz CT molecular complexity index is 930. The highest BCUT2D eigenvalue weighted by Gasteiger charge is 2.08. The zero-order valence-corrected chi connectivity index (χ0v) is 16.0. The normalized spacial score (nSPS) is 12.0. The van der Waals surface area contributed by atoms with E-state index in [4.69, 9.17) is 21.1 Å². The molecule has 3 aromatic rings. The summed E-state index contributed by atoms with van der Waals surface area (Å²) in [5, 5.41) is 0.652. The van der Waals surface area contributed by atoms with E-state index >= 15 is 0 Å². The molecule has 0 aromatic heterocycles. The zero-order valence-electron chi connectivity index (χ0n) is 15.2. The van der Waals surface area contributed by atoms with Crippen molar-refractivity contribution in [3.8, 4) is 11.5 Å². The smallest absolute Gasteiger partial charge is 0.225 e. The van der Waals surface area contributed by atoms with Crippen LogP contribution in [-0.4, -0.2) is 5.90 Å². The number of hydrogen-bond donors (Lipinski definition) is 0. The van der Waals surface area contributed by atoms with Gasteiger partial charge in [-0.1, -0.05) is 47.5 Å². The number of halogens is 1. The van der Waals surface area contributed by atoms with Crippen LogP contribution in [0, 0.1) is 6.92 Å². The maximum absolute atomic E-state index is 5.99. The van der Waals surface area contributed by atoms with Crippen LogP contribution in [0.15, 0.2) is 95.7 Å². The Morgan fingerprint density at radius 2 is 1.48 bits per heavy atom. The minimum Gasteiger partial charge on any atom is -0.465 e. The van der Waals surface area contributed by atoms with Crippen LogP contribution < -0.4 is 9.47 Å². The SMILES string of the molecule is CC(=C\Oc1ccc(C)cc1)/C(=N/c1ccccc1)Oc1ccc(Cl)cc1. The van der Waals surface area contributed by atoms with Gasteiger partial charge in [0.05, 0.1) is 11.9 Å². The van der Waals surface area contributed by atoms with Gasteiger partial charge in [0, 0.05) is 10.6 Å². The van der Waals surface area contributed by atoms with E-state index in [1.807, 2.05) is 68.4 Å². The Kier molecular flexibility index (Phi) is 6.29. The van der Waals surface area contributed by atoms with E-state index < -0.39 is 0 Å². The van der Waals surface area contributed by atoms with Gasteiger partial charge in [-0.2, -0.15) is 0 Å². The molecule has 0 N–H and O–H groups in total. The third-order valence-corrected chi connectivity index (χ3v) is 4.00. The van der Waals surface area contributed by atoms with Gasteiger partial charge < -0.3 is 9.47 Å². The molecule has 0 saturated heterocycles. The molecule has 0 unspecified atom stereocenters. The lowest BCUT2D eigenvalue weighted by atomic mass is 10.2. The minimum atomic E-state index is 0.454. The molecule has 0 aliphatic heterocycles. The molecule has 0 amide bonds. The quantitative estimate of drug-likeness (QED) is 0.280. The third-order valence-electron chi connectivity index (χ3n) is 3.75. The monoisotopic (exact) mass is 377 g/mol. The van der Waals surface area contributed by atoms with Crippen molar-refractivity contribution < 1.29 is 9.47 Å². The second kappa shape index (κ2) is 9.06. The molecule has 0 bridgehead atoms. The summed E-state index contributed by atoms with van der Waals surface area (Å²) in [4.78, 5) is 4.62. The fourth-order valence-corrected chi connectivity index (χ4v) is 2.38. The fraction of sp³-hybridized carbons (Fsp3) is 0.0870. The van der Waals surface area contributed by atoms with Crippen LogP contribution in [0.1, 0.15) is 12.5 Å². The summed E-state index contributed by atoms with van der Waals surface area (Å²) in [6.07, 6.45) is 1.64. The first kappa shape index (κ1) is 18.7. The van der Waals surface area contributed by atoms with Crippen LogP contribution in [0.5, 0.6) is 11.5 Å². The molecule has 0 fully saturated rings. The number of rotatable bonds is 5. The van der Waals surface area contributed by atoms with Crippen molar-refractivity contribution in [1.29, 1.82) is 0 Å². The van der Waals surface area contributed by atoms with E-state index in [9.17, 15) is 0 Å². The Balaban J connectivity index is 1.85. The molecule has 0 atom stereocenters. The predicted molar refractivity (Wildman–Crippen MR) is 111 cm³/mol. The van der Waals surface area contributed by atoms with Crippen molar-refractivity contribution >= 4 is 23.2 Å². The van der Waals surface area contributed by atoms with Crippen molar-refractivity contribution in [2.24, 2.45) is 4.99 Å². The summed E-state index contributed by atoms with van der Waals surface area (Å²) in [5.41, 5.74) is 2.74. The summed E-state index contributed by atoms with van der Waals surface area (Å²) < 4.78 is 11.7. The van der Waals surface area contributed by atoms with Crippen LogP contribution in [0.4, 0.5) is 5.69 Å². The lowest BCUT2D eigenvalue weighted by molar-refractivity contribution is 0.473. The Hall–Kier alpha value is -3.04. The van der Waals surface area contributed by atoms with E-state index in [1.165, 1.54) is 5.56 Å². The molecule has 4 heteroatoms. The van der Waals surface area contributed by atoms with Crippen LogP contribution in [0.25, 0.3) is 0 Å². The van der Waals surface area contributed by atoms with Crippen molar-refractivity contribution in [2.45, 2.75) is 13.8 Å². The molecule has 136 valence electrons. The lowest BCUT2D eigenvalue weighted by Crippen LogP contribution is -2.10. The molecule has 0 radical (unpaired) electrons. The molecule has 3 rings (SSSR count). The first-order chi connectivity index (χ1) is 13.1. The average molecular weight is 378 g/mol. The highest BCUT2D eigenvalue weighted by Crippen LogP contribution is 2.20. The summed E-state index contributed by atoms with van der Waals surface area (Å²) in [5.74, 6) is 1.86. The maximum Gasteiger partial charge on any atom is 0.225 e. The second-order valence-electron chi connectivity index (χ2n) is 6.04. The summed E-state index contributed by atoms with van der Waals surface area (Å²) >= 11 is 5.95. The van der Waals surface area contributed by atoms with Gasteiger partial charge in [0.15, 0.2) is 0 Å². The molecular weight excluding hydrogens is 358 g/mol. The van der Waals surface area contributed by atoms with Gasteiger partial charge in [0.25, 0.3) is 0 Å². The summed E-state index contributed by atoms with van der Waals surface area (Å²) in [6, 6.07) is 24.6. The van der Waals surface area contributed by atoms with Crippen molar-refractivity contribution in [3.63, 3.8) is 0 Å². The zero-order chi connectivity index (χ0) is 19.1. The van der Waals surface area contributed by atoms with Crippen LogP contribution >= 0.6 is 11.6 Å². The van der Waals surface area contributed by atoms with E-state index in [2.05, 4.69) is 4.99 Å². The Labute approximate surface area is 164 Å². The highest BCUT2D eigenvalue weighted by atomic mass is 35.5. The van der Waals surface area contributed by atoms with Crippen molar-refractivity contribution in [3.05, 3.63) is 101 Å². The number of benzene rings is 3. The third kappa shape index (κ3) is 5.73. The molecule has 3 aromatic carbocycles.